The molecule has 1 aromatic rings. The van der Waals surface area contributed by atoms with E-state index in [1.165, 1.54) is 5.92 Å². The molecule has 0 unspecified atom stereocenters. The van der Waals surface area contributed by atoms with E-state index in [1.807, 2.05) is 0 Å². The Bertz CT molecular complexity index is 287. The fourth-order valence-electron chi connectivity index (χ4n) is 0.666. The third-order valence-electron chi connectivity index (χ3n) is 1.16. The van der Waals surface area contributed by atoms with E-state index in [2.05, 4.69) is 6.42 Å². The van der Waals surface area contributed by atoms with Crippen LogP contribution < -0.4 is 0 Å². The largest absolute Gasteiger partial charge is 0.360 e. The summed E-state index contributed by atoms with van der Waals surface area (Å²) in [6, 6.07) is 8.33. The molecule has 0 fully saturated rings. The molecule has 0 N–H and O–H groups in total. The maximum absolute atomic E-state index is 12.6. The minimum Gasteiger partial charge on any atom is -0.180 e. The Balaban J connectivity index is 2.72. The van der Waals surface area contributed by atoms with Crippen molar-refractivity contribution in [3.05, 3.63) is 30.3 Å². The molecule has 0 bridgehead atoms. The van der Waals surface area contributed by atoms with Gasteiger partial charge in [0, 0.05) is 4.90 Å². The highest BCUT2D eigenvalue weighted by atomic mass is 32.2. The van der Waals surface area contributed by atoms with Crippen LogP contribution in [0.4, 0.5) is 8.78 Å². The van der Waals surface area contributed by atoms with E-state index in [-0.39, 0.29) is 0 Å². The van der Waals surface area contributed by atoms with Gasteiger partial charge in [-0.15, -0.1) is 6.42 Å². The molecule has 0 aromatic heterocycles. The molecule has 0 radical (unpaired) electrons. The smallest absolute Gasteiger partial charge is 0.180 e. The molecule has 0 saturated heterocycles. The predicted octanol–water partition coefficient (Wildman–Crippen LogP) is 3.00. The Morgan fingerprint density at radius 2 is 1.83 bits per heavy atom. The van der Waals surface area contributed by atoms with Crippen molar-refractivity contribution in [2.24, 2.45) is 0 Å². The molecule has 62 valence electrons. The van der Waals surface area contributed by atoms with E-state index >= 15 is 0 Å². The van der Waals surface area contributed by atoms with Crippen LogP contribution >= 0.6 is 11.8 Å². The number of benzene rings is 1. The summed E-state index contributed by atoms with van der Waals surface area (Å²) in [4.78, 5) is 0.473. The summed E-state index contributed by atoms with van der Waals surface area (Å²) >= 11 is 0.376. The molecule has 0 spiro atoms. The van der Waals surface area contributed by atoms with Crippen molar-refractivity contribution in [1.82, 2.24) is 0 Å². The summed E-state index contributed by atoms with van der Waals surface area (Å²) in [7, 11) is 0. The molecule has 3 heteroatoms. The molecular weight excluding hydrogens is 178 g/mol. The first-order valence-corrected chi connectivity index (χ1v) is 4.05. The zero-order valence-electron chi connectivity index (χ0n) is 6.13. The minimum absolute atomic E-state index is 0.376. The molecule has 1 rings (SSSR count). The quantitative estimate of drug-likeness (QED) is 0.503. The SMILES string of the molecule is C#CC(F)(F)Sc1ccccc1. The molecule has 0 heterocycles. The Labute approximate surface area is 74.0 Å². The number of hydrogen-bond donors (Lipinski definition) is 0. The summed E-state index contributed by atoms with van der Waals surface area (Å²) in [5, 5.41) is -3.11. The zero-order chi connectivity index (χ0) is 9.03. The second kappa shape index (κ2) is 3.59. The van der Waals surface area contributed by atoms with Crippen LogP contribution in [0.15, 0.2) is 35.2 Å². The van der Waals surface area contributed by atoms with Crippen molar-refractivity contribution in [3.8, 4) is 12.3 Å². The van der Waals surface area contributed by atoms with Crippen molar-refractivity contribution in [2.75, 3.05) is 0 Å². The molecule has 12 heavy (non-hydrogen) atoms. The normalized spacial score (nSPS) is 10.8. The molecule has 0 aliphatic rings. The van der Waals surface area contributed by atoms with E-state index < -0.39 is 5.25 Å². The Hall–Kier alpha value is -1.01. The van der Waals surface area contributed by atoms with Gasteiger partial charge in [0.15, 0.2) is 0 Å². The lowest BCUT2D eigenvalue weighted by atomic mass is 10.4. The Kier molecular flexibility index (Phi) is 2.72. The first kappa shape index (κ1) is 9.08. The number of rotatable bonds is 2. The van der Waals surface area contributed by atoms with Gasteiger partial charge < -0.3 is 0 Å². The summed E-state index contributed by atoms with van der Waals surface area (Å²) in [5.74, 6) is 1.42. The average molecular weight is 184 g/mol. The number of terminal acetylenes is 1. The first-order valence-electron chi connectivity index (χ1n) is 3.24. The van der Waals surface area contributed by atoms with Crippen LogP contribution in [-0.4, -0.2) is 5.25 Å². The van der Waals surface area contributed by atoms with Gasteiger partial charge in [-0.2, -0.15) is 8.78 Å². The second-order valence-corrected chi connectivity index (χ2v) is 3.26. The van der Waals surface area contributed by atoms with E-state index in [0.717, 1.165) is 0 Å². The van der Waals surface area contributed by atoms with Gasteiger partial charge in [-0.25, -0.2) is 0 Å². The zero-order valence-corrected chi connectivity index (χ0v) is 6.94. The molecule has 0 aliphatic carbocycles. The van der Waals surface area contributed by atoms with Crippen molar-refractivity contribution < 1.29 is 8.78 Å². The fraction of sp³-hybridized carbons (Fsp3) is 0.111. The lowest BCUT2D eigenvalue weighted by Crippen LogP contribution is -2.04. The molecule has 0 atom stereocenters. The highest BCUT2D eigenvalue weighted by Gasteiger charge is 2.26. The Morgan fingerprint density at radius 1 is 1.25 bits per heavy atom. The molecular formula is C9H6F2S. The molecule has 0 nitrogen and oxygen atoms in total. The summed E-state index contributed by atoms with van der Waals surface area (Å²) in [6.07, 6.45) is 4.63. The van der Waals surface area contributed by atoms with Gasteiger partial charge in [0.25, 0.3) is 0 Å². The van der Waals surface area contributed by atoms with Crippen molar-refractivity contribution >= 4 is 11.8 Å². The van der Waals surface area contributed by atoms with Crippen LogP contribution in [-0.2, 0) is 0 Å². The fourth-order valence-corrected chi connectivity index (χ4v) is 1.31. The predicted molar refractivity (Wildman–Crippen MR) is 46.1 cm³/mol. The molecule has 0 aliphatic heterocycles. The summed E-state index contributed by atoms with van der Waals surface area (Å²) < 4.78 is 25.1. The van der Waals surface area contributed by atoms with E-state index in [9.17, 15) is 8.78 Å². The summed E-state index contributed by atoms with van der Waals surface area (Å²) in [6.45, 7) is 0. The first-order chi connectivity index (χ1) is 5.64. The van der Waals surface area contributed by atoms with Crippen LogP contribution in [0.1, 0.15) is 0 Å². The van der Waals surface area contributed by atoms with E-state index in [4.69, 9.17) is 0 Å². The monoisotopic (exact) mass is 184 g/mol. The lowest BCUT2D eigenvalue weighted by Gasteiger charge is -2.07. The van der Waals surface area contributed by atoms with Gasteiger partial charge in [-0.3, -0.25) is 0 Å². The Morgan fingerprint density at radius 3 is 2.33 bits per heavy atom. The summed E-state index contributed by atoms with van der Waals surface area (Å²) in [5.41, 5.74) is 0. The molecule has 1 aromatic carbocycles. The number of halogens is 2. The minimum atomic E-state index is -3.11. The lowest BCUT2D eigenvalue weighted by molar-refractivity contribution is 0.174. The van der Waals surface area contributed by atoms with Crippen molar-refractivity contribution in [3.63, 3.8) is 0 Å². The van der Waals surface area contributed by atoms with Gasteiger partial charge in [-0.1, -0.05) is 18.2 Å². The van der Waals surface area contributed by atoms with Crippen LogP contribution in [0.2, 0.25) is 0 Å². The maximum Gasteiger partial charge on any atom is 0.360 e. The maximum atomic E-state index is 12.6. The number of thioether (sulfide) groups is 1. The van der Waals surface area contributed by atoms with Gasteiger partial charge in [-0.05, 0) is 29.8 Å². The third kappa shape index (κ3) is 2.55. The topological polar surface area (TPSA) is 0 Å². The average Bonchev–Trinajstić information content (AvgIpc) is 2.06. The van der Waals surface area contributed by atoms with Gasteiger partial charge in [0.1, 0.15) is 0 Å². The highest BCUT2D eigenvalue weighted by Crippen LogP contribution is 2.34. The van der Waals surface area contributed by atoms with E-state index in [1.54, 1.807) is 30.3 Å². The van der Waals surface area contributed by atoms with Gasteiger partial charge >= 0.3 is 5.25 Å². The van der Waals surface area contributed by atoms with Gasteiger partial charge in [0.2, 0.25) is 0 Å². The number of hydrogen-bond acceptors (Lipinski definition) is 1. The van der Waals surface area contributed by atoms with E-state index in [0.29, 0.717) is 16.7 Å². The molecule has 0 amide bonds. The van der Waals surface area contributed by atoms with Crippen LogP contribution in [0, 0.1) is 12.3 Å². The third-order valence-corrected chi connectivity index (χ3v) is 2.04. The van der Waals surface area contributed by atoms with Crippen LogP contribution in [0.25, 0.3) is 0 Å². The van der Waals surface area contributed by atoms with Crippen LogP contribution in [0.5, 0.6) is 0 Å². The molecule has 0 saturated carbocycles. The van der Waals surface area contributed by atoms with Crippen molar-refractivity contribution in [1.29, 1.82) is 0 Å². The van der Waals surface area contributed by atoms with Gasteiger partial charge in [0.05, 0.1) is 0 Å². The van der Waals surface area contributed by atoms with Crippen LogP contribution in [0.3, 0.4) is 0 Å². The van der Waals surface area contributed by atoms with Crippen molar-refractivity contribution in [2.45, 2.75) is 10.2 Å². The second-order valence-electron chi connectivity index (χ2n) is 2.08. The number of alkyl halides is 2. The standard InChI is InChI=1S/C9H6F2S/c1-2-9(10,11)12-8-6-4-3-5-7-8/h1,3-7H. The highest BCUT2D eigenvalue weighted by molar-refractivity contribution is 8.00.